The van der Waals surface area contributed by atoms with Crippen LogP contribution in [0, 0.1) is 13.8 Å². The number of anilines is 1. The maximum atomic E-state index is 12.5. The van der Waals surface area contributed by atoms with Crippen LogP contribution in [0.5, 0.6) is 0 Å². The van der Waals surface area contributed by atoms with Crippen LogP contribution in [0.3, 0.4) is 0 Å². The van der Waals surface area contributed by atoms with E-state index in [0.717, 1.165) is 22.5 Å². The molecule has 0 aliphatic rings. The zero-order valence-corrected chi connectivity index (χ0v) is 16.4. The third kappa shape index (κ3) is 4.76. The Kier molecular flexibility index (Phi) is 5.94. The van der Waals surface area contributed by atoms with Gasteiger partial charge < -0.3 is 10.6 Å². The van der Waals surface area contributed by atoms with Gasteiger partial charge in [0, 0.05) is 17.1 Å². The maximum absolute atomic E-state index is 12.5. The first-order valence-electron chi connectivity index (χ1n) is 8.85. The van der Waals surface area contributed by atoms with Crippen LogP contribution in [0.1, 0.15) is 29.8 Å². The Morgan fingerprint density at radius 1 is 1.15 bits per heavy atom. The predicted molar refractivity (Wildman–Crippen MR) is 110 cm³/mol. The van der Waals surface area contributed by atoms with Gasteiger partial charge in [-0.25, -0.2) is 4.68 Å². The summed E-state index contributed by atoms with van der Waals surface area (Å²) in [7, 11) is 0. The van der Waals surface area contributed by atoms with Crippen molar-refractivity contribution < 1.29 is 4.79 Å². The maximum Gasteiger partial charge on any atom is 0.239 e. The lowest BCUT2D eigenvalue weighted by molar-refractivity contribution is -0.115. The Labute approximate surface area is 164 Å². The van der Waals surface area contributed by atoms with Gasteiger partial charge in [0.05, 0.1) is 17.9 Å². The molecule has 5 nitrogen and oxygen atoms in total. The van der Waals surface area contributed by atoms with Crippen molar-refractivity contribution in [3.8, 4) is 5.69 Å². The van der Waals surface area contributed by atoms with Crippen LogP contribution in [0.2, 0.25) is 5.02 Å². The van der Waals surface area contributed by atoms with Crippen molar-refractivity contribution >= 4 is 23.3 Å². The summed E-state index contributed by atoms with van der Waals surface area (Å²) in [5, 5.41) is 11.4. The summed E-state index contributed by atoms with van der Waals surface area (Å²) in [5.41, 5.74) is 3.91. The molecule has 0 fully saturated rings. The molecule has 1 aromatic heterocycles. The zero-order valence-electron chi connectivity index (χ0n) is 15.7. The van der Waals surface area contributed by atoms with Crippen molar-refractivity contribution in [2.24, 2.45) is 0 Å². The molecule has 2 aromatic carbocycles. The predicted octanol–water partition coefficient (Wildman–Crippen LogP) is 4.43. The summed E-state index contributed by atoms with van der Waals surface area (Å²) in [4.78, 5) is 12.5. The molecular weight excluding hydrogens is 360 g/mol. The zero-order chi connectivity index (χ0) is 19.4. The molecule has 2 N–H and O–H groups in total. The van der Waals surface area contributed by atoms with E-state index in [1.807, 2.05) is 75.4 Å². The minimum atomic E-state index is -0.126. The van der Waals surface area contributed by atoms with Crippen LogP contribution in [0.4, 0.5) is 5.82 Å². The number of hydrogen-bond donors (Lipinski definition) is 2. The third-order valence-corrected chi connectivity index (χ3v) is 4.60. The first-order valence-corrected chi connectivity index (χ1v) is 9.23. The number of hydrogen-bond acceptors (Lipinski definition) is 3. The normalized spacial score (nSPS) is 12.0. The number of para-hydroxylation sites is 1. The lowest BCUT2D eigenvalue weighted by atomic mass is 10.1. The fourth-order valence-electron chi connectivity index (χ4n) is 2.90. The molecule has 0 aliphatic heterocycles. The van der Waals surface area contributed by atoms with Crippen molar-refractivity contribution in [3.63, 3.8) is 0 Å². The van der Waals surface area contributed by atoms with Crippen molar-refractivity contribution in [2.75, 3.05) is 11.9 Å². The number of rotatable bonds is 6. The number of nitrogens with zero attached hydrogens (tertiary/aromatic N) is 2. The lowest BCUT2D eigenvalue weighted by Crippen LogP contribution is -2.30. The van der Waals surface area contributed by atoms with Crippen molar-refractivity contribution in [1.82, 2.24) is 15.1 Å². The van der Waals surface area contributed by atoms with Crippen molar-refractivity contribution in [1.29, 1.82) is 0 Å². The van der Waals surface area contributed by atoms with Crippen LogP contribution in [0.15, 0.2) is 54.6 Å². The second-order valence-electron chi connectivity index (χ2n) is 6.58. The van der Waals surface area contributed by atoms with E-state index in [4.69, 9.17) is 11.6 Å². The van der Waals surface area contributed by atoms with Crippen LogP contribution in [-0.2, 0) is 4.79 Å². The molecular formula is C21H23ClN4O. The largest absolute Gasteiger partial charge is 0.309 e. The molecule has 0 unspecified atom stereocenters. The smallest absolute Gasteiger partial charge is 0.239 e. The summed E-state index contributed by atoms with van der Waals surface area (Å²) < 4.78 is 1.77. The average molecular weight is 383 g/mol. The average Bonchev–Trinajstić information content (AvgIpc) is 3.00. The Hall–Kier alpha value is -2.63. The molecule has 1 amide bonds. The number of halogens is 1. The molecule has 6 heteroatoms. The van der Waals surface area contributed by atoms with Gasteiger partial charge in [-0.15, -0.1) is 0 Å². The quantitative estimate of drug-likeness (QED) is 0.663. The Balaban J connectivity index is 1.67. The van der Waals surface area contributed by atoms with Crippen molar-refractivity contribution in [3.05, 3.63) is 76.4 Å². The monoisotopic (exact) mass is 382 g/mol. The second-order valence-corrected chi connectivity index (χ2v) is 7.01. The van der Waals surface area contributed by atoms with Gasteiger partial charge in [-0.3, -0.25) is 4.79 Å². The number of carbonyl (C=O) groups is 1. The molecule has 27 heavy (non-hydrogen) atoms. The van der Waals surface area contributed by atoms with Crippen LogP contribution < -0.4 is 10.6 Å². The Morgan fingerprint density at radius 2 is 1.93 bits per heavy atom. The van der Waals surface area contributed by atoms with Crippen LogP contribution >= 0.6 is 11.6 Å². The van der Waals surface area contributed by atoms with E-state index >= 15 is 0 Å². The van der Waals surface area contributed by atoms with Gasteiger partial charge in [0.25, 0.3) is 0 Å². The fraction of sp³-hybridized carbons (Fsp3) is 0.238. The summed E-state index contributed by atoms with van der Waals surface area (Å²) in [5.74, 6) is 0.530. The Morgan fingerprint density at radius 3 is 2.67 bits per heavy atom. The number of nitrogens with one attached hydrogen (secondary N) is 2. The number of carbonyl (C=O) groups excluding carboxylic acids is 1. The van der Waals surface area contributed by atoms with E-state index < -0.39 is 0 Å². The summed E-state index contributed by atoms with van der Waals surface area (Å²) in [6.45, 7) is 6.11. The highest BCUT2D eigenvalue weighted by molar-refractivity contribution is 6.30. The van der Waals surface area contributed by atoms with Gasteiger partial charge >= 0.3 is 0 Å². The van der Waals surface area contributed by atoms with E-state index in [0.29, 0.717) is 10.8 Å². The SMILES string of the molecule is Cc1cc(NC(=O)CN[C@@H](C)c2cccc(Cl)c2)n(-c2ccccc2C)n1. The van der Waals surface area contributed by atoms with Crippen molar-refractivity contribution in [2.45, 2.75) is 26.8 Å². The number of benzene rings is 2. The van der Waals surface area contributed by atoms with Gasteiger partial charge in [-0.05, 0) is 50.1 Å². The summed E-state index contributed by atoms with van der Waals surface area (Å²) in [6.07, 6.45) is 0. The molecule has 140 valence electrons. The van der Waals surface area contributed by atoms with E-state index in [1.54, 1.807) is 4.68 Å². The van der Waals surface area contributed by atoms with E-state index in [9.17, 15) is 4.79 Å². The van der Waals surface area contributed by atoms with Gasteiger partial charge in [0.1, 0.15) is 5.82 Å². The molecule has 0 radical (unpaired) electrons. The van der Waals surface area contributed by atoms with E-state index in [1.165, 1.54) is 0 Å². The molecule has 0 aliphatic carbocycles. The molecule has 3 rings (SSSR count). The molecule has 0 saturated heterocycles. The highest BCUT2D eigenvalue weighted by Gasteiger charge is 2.13. The molecule has 1 atom stereocenters. The van der Waals surface area contributed by atoms with Gasteiger partial charge in [0.15, 0.2) is 0 Å². The van der Waals surface area contributed by atoms with Crippen LogP contribution in [0.25, 0.3) is 5.69 Å². The Bertz CT molecular complexity index is 951. The number of aromatic nitrogens is 2. The summed E-state index contributed by atoms with van der Waals surface area (Å²) >= 11 is 6.03. The molecule has 3 aromatic rings. The molecule has 0 spiro atoms. The minimum Gasteiger partial charge on any atom is -0.309 e. The fourth-order valence-corrected chi connectivity index (χ4v) is 3.10. The highest BCUT2D eigenvalue weighted by atomic mass is 35.5. The second kappa shape index (κ2) is 8.37. The van der Waals surface area contributed by atoms with E-state index in [2.05, 4.69) is 15.7 Å². The summed E-state index contributed by atoms with van der Waals surface area (Å²) in [6, 6.07) is 17.4. The van der Waals surface area contributed by atoms with Gasteiger partial charge in [-0.2, -0.15) is 5.10 Å². The molecule has 0 bridgehead atoms. The highest BCUT2D eigenvalue weighted by Crippen LogP contribution is 2.20. The minimum absolute atomic E-state index is 0.0115. The third-order valence-electron chi connectivity index (χ3n) is 4.36. The lowest BCUT2D eigenvalue weighted by Gasteiger charge is -2.15. The topological polar surface area (TPSA) is 59.0 Å². The first-order chi connectivity index (χ1) is 12.9. The number of amides is 1. The van der Waals surface area contributed by atoms with Gasteiger partial charge in [0.2, 0.25) is 5.91 Å². The van der Waals surface area contributed by atoms with Crippen LogP contribution in [-0.4, -0.2) is 22.2 Å². The first kappa shape index (κ1) is 19.1. The molecule has 1 heterocycles. The standard InChI is InChI=1S/C21H23ClN4O/c1-14-7-4-5-10-19(14)26-20(11-15(2)25-26)24-21(27)13-23-16(3)17-8-6-9-18(22)12-17/h4-12,16,23H,13H2,1-3H3,(H,24,27)/t16-/m0/s1. The number of aryl methyl sites for hydroxylation is 2. The van der Waals surface area contributed by atoms with Gasteiger partial charge in [-0.1, -0.05) is 41.9 Å². The van der Waals surface area contributed by atoms with E-state index in [-0.39, 0.29) is 18.5 Å². The molecule has 0 saturated carbocycles.